The molecule has 24 heavy (non-hydrogen) atoms. The third-order valence-corrected chi connectivity index (χ3v) is 5.27. The van der Waals surface area contributed by atoms with E-state index in [-0.39, 0.29) is 4.75 Å². The van der Waals surface area contributed by atoms with Crippen LogP contribution in [0.15, 0.2) is 18.7 Å². The Hall–Kier alpha value is -0.480. The molecule has 0 saturated carbocycles. The van der Waals surface area contributed by atoms with Gasteiger partial charge < -0.3 is 9.30 Å². The number of rotatable bonds is 14. The third kappa shape index (κ3) is 12.0. The lowest BCUT2D eigenvalue weighted by Crippen LogP contribution is -2.24. The average molecular weight is 355 g/mol. The molecule has 1 atom stereocenters. The minimum absolute atomic E-state index is 0.257. The molecule has 140 valence electrons. The van der Waals surface area contributed by atoms with Gasteiger partial charge in [0.1, 0.15) is 0 Å². The maximum Gasteiger partial charge on any atom is 0.0946 e. The number of thioether (sulfide) groups is 1. The van der Waals surface area contributed by atoms with Gasteiger partial charge in [0.05, 0.1) is 12.9 Å². The van der Waals surface area contributed by atoms with Crippen molar-refractivity contribution in [1.82, 2.24) is 9.55 Å². The Balaban J connectivity index is 2.11. The SMILES string of the molecule is CCCCCCCCCCOCC(Cn1ccnc1)SC(C)(C)C. The number of hydrogen-bond donors (Lipinski definition) is 0. The monoisotopic (exact) mass is 354 g/mol. The normalized spacial score (nSPS) is 13.3. The second kappa shape index (κ2) is 12.8. The summed E-state index contributed by atoms with van der Waals surface area (Å²) in [6.07, 6.45) is 16.6. The van der Waals surface area contributed by atoms with Crippen molar-refractivity contribution in [3.63, 3.8) is 0 Å². The predicted octanol–water partition coefficient (Wildman–Crippen LogP) is 5.94. The standard InChI is InChI=1S/C20H38N2OS/c1-5-6-7-8-9-10-11-12-15-23-17-19(24-20(2,3)4)16-22-14-13-21-18-22/h13-14,18-19H,5-12,15-17H2,1-4H3. The van der Waals surface area contributed by atoms with Gasteiger partial charge in [0, 0.05) is 35.5 Å². The van der Waals surface area contributed by atoms with Gasteiger partial charge in [0.2, 0.25) is 0 Å². The van der Waals surface area contributed by atoms with Gasteiger partial charge in [0.15, 0.2) is 0 Å². The fourth-order valence-electron chi connectivity index (χ4n) is 2.81. The molecule has 0 aliphatic heterocycles. The van der Waals surface area contributed by atoms with Gasteiger partial charge in [-0.05, 0) is 6.42 Å². The summed E-state index contributed by atoms with van der Waals surface area (Å²) in [6, 6.07) is 0. The van der Waals surface area contributed by atoms with Crippen LogP contribution in [0.25, 0.3) is 0 Å². The van der Waals surface area contributed by atoms with Crippen LogP contribution < -0.4 is 0 Å². The van der Waals surface area contributed by atoms with Crippen molar-refractivity contribution in [2.45, 2.75) is 95.6 Å². The van der Waals surface area contributed by atoms with Crippen molar-refractivity contribution >= 4 is 11.8 Å². The van der Waals surface area contributed by atoms with Gasteiger partial charge in [-0.3, -0.25) is 0 Å². The molecule has 0 saturated heterocycles. The van der Waals surface area contributed by atoms with E-state index in [9.17, 15) is 0 Å². The molecular formula is C20H38N2OS. The Morgan fingerprint density at radius 3 is 2.29 bits per heavy atom. The smallest absolute Gasteiger partial charge is 0.0946 e. The van der Waals surface area contributed by atoms with Gasteiger partial charge in [-0.1, -0.05) is 72.6 Å². The summed E-state index contributed by atoms with van der Waals surface area (Å²) < 4.78 is 8.39. The molecule has 1 rings (SSSR count). The van der Waals surface area contributed by atoms with Crippen molar-refractivity contribution in [1.29, 1.82) is 0 Å². The van der Waals surface area contributed by atoms with Gasteiger partial charge in [-0.25, -0.2) is 4.98 Å². The van der Waals surface area contributed by atoms with Gasteiger partial charge in [0.25, 0.3) is 0 Å². The zero-order valence-electron chi connectivity index (χ0n) is 16.3. The second-order valence-corrected chi connectivity index (χ2v) is 9.79. The van der Waals surface area contributed by atoms with E-state index in [0.29, 0.717) is 5.25 Å². The first-order valence-electron chi connectivity index (χ1n) is 9.72. The summed E-state index contributed by atoms with van der Waals surface area (Å²) in [5.41, 5.74) is 0. The molecule has 1 aromatic rings. The number of ether oxygens (including phenoxy) is 1. The number of imidazole rings is 1. The summed E-state index contributed by atoms with van der Waals surface area (Å²) in [6.45, 7) is 11.8. The molecule has 3 nitrogen and oxygen atoms in total. The quantitative estimate of drug-likeness (QED) is 0.387. The molecular weight excluding hydrogens is 316 g/mol. The molecule has 0 amide bonds. The molecule has 1 aromatic heterocycles. The Kier molecular flexibility index (Phi) is 11.5. The van der Waals surface area contributed by atoms with Gasteiger partial charge >= 0.3 is 0 Å². The Bertz CT molecular complexity index is 387. The maximum atomic E-state index is 5.98. The Morgan fingerprint density at radius 2 is 1.71 bits per heavy atom. The molecule has 0 aliphatic carbocycles. The highest BCUT2D eigenvalue weighted by molar-refractivity contribution is 8.01. The highest BCUT2D eigenvalue weighted by Gasteiger charge is 2.19. The zero-order chi connectivity index (χ0) is 17.7. The molecule has 0 aliphatic rings. The molecule has 0 bridgehead atoms. The minimum Gasteiger partial charge on any atom is -0.380 e. The molecule has 0 fully saturated rings. The van der Waals surface area contributed by atoms with E-state index in [1.165, 1.54) is 51.4 Å². The van der Waals surface area contributed by atoms with Crippen LogP contribution in [0.5, 0.6) is 0 Å². The van der Waals surface area contributed by atoms with Gasteiger partial charge in [-0.2, -0.15) is 0 Å². The first-order valence-corrected chi connectivity index (χ1v) is 10.6. The van der Waals surface area contributed by atoms with Gasteiger partial charge in [-0.15, -0.1) is 11.8 Å². The van der Waals surface area contributed by atoms with E-state index >= 15 is 0 Å². The number of unbranched alkanes of at least 4 members (excludes halogenated alkanes) is 7. The van der Waals surface area contributed by atoms with Crippen LogP contribution in [0.3, 0.4) is 0 Å². The highest BCUT2D eigenvalue weighted by atomic mass is 32.2. The fourth-order valence-corrected chi connectivity index (χ4v) is 4.22. The summed E-state index contributed by atoms with van der Waals surface area (Å²) in [5, 5.41) is 0.480. The van der Waals surface area contributed by atoms with E-state index in [4.69, 9.17) is 4.74 Å². The molecule has 0 spiro atoms. The lowest BCUT2D eigenvalue weighted by Gasteiger charge is -2.26. The number of nitrogens with zero attached hydrogens (tertiary/aromatic N) is 2. The number of hydrogen-bond acceptors (Lipinski definition) is 3. The molecule has 0 aromatic carbocycles. The van der Waals surface area contributed by atoms with Crippen molar-refractivity contribution in [2.24, 2.45) is 0 Å². The largest absolute Gasteiger partial charge is 0.380 e. The topological polar surface area (TPSA) is 27.1 Å². The summed E-state index contributed by atoms with van der Waals surface area (Å²) in [5.74, 6) is 0. The van der Waals surface area contributed by atoms with E-state index in [1.807, 2.05) is 30.5 Å². The second-order valence-electron chi connectivity index (χ2n) is 7.66. The van der Waals surface area contributed by atoms with E-state index in [2.05, 4.69) is 37.2 Å². The van der Waals surface area contributed by atoms with Crippen LogP contribution in [0.1, 0.15) is 79.1 Å². The zero-order valence-corrected chi connectivity index (χ0v) is 17.1. The van der Waals surface area contributed by atoms with Crippen LogP contribution >= 0.6 is 11.8 Å². The molecule has 1 heterocycles. The average Bonchev–Trinajstić information content (AvgIpc) is 3.00. The highest BCUT2D eigenvalue weighted by Crippen LogP contribution is 2.29. The van der Waals surface area contributed by atoms with Crippen molar-refractivity contribution in [3.8, 4) is 0 Å². The van der Waals surface area contributed by atoms with E-state index in [0.717, 1.165) is 19.8 Å². The molecule has 4 heteroatoms. The van der Waals surface area contributed by atoms with Crippen molar-refractivity contribution in [2.75, 3.05) is 13.2 Å². The van der Waals surface area contributed by atoms with Crippen LogP contribution in [-0.4, -0.2) is 32.8 Å². The summed E-state index contributed by atoms with van der Waals surface area (Å²) in [7, 11) is 0. The van der Waals surface area contributed by atoms with E-state index < -0.39 is 0 Å². The van der Waals surface area contributed by atoms with E-state index in [1.54, 1.807) is 0 Å². The fraction of sp³-hybridized carbons (Fsp3) is 0.850. The van der Waals surface area contributed by atoms with Crippen LogP contribution in [0.2, 0.25) is 0 Å². The number of aromatic nitrogens is 2. The van der Waals surface area contributed by atoms with Crippen LogP contribution in [-0.2, 0) is 11.3 Å². The molecule has 1 unspecified atom stereocenters. The molecule has 0 N–H and O–H groups in total. The summed E-state index contributed by atoms with van der Waals surface area (Å²) >= 11 is 2.01. The first kappa shape index (κ1) is 21.6. The lowest BCUT2D eigenvalue weighted by molar-refractivity contribution is 0.128. The first-order chi connectivity index (χ1) is 11.5. The van der Waals surface area contributed by atoms with Crippen molar-refractivity contribution < 1.29 is 4.74 Å². The Labute approximate surface area is 154 Å². The van der Waals surface area contributed by atoms with Crippen LogP contribution in [0, 0.1) is 0 Å². The Morgan fingerprint density at radius 1 is 1.04 bits per heavy atom. The molecule has 0 radical (unpaired) electrons. The lowest BCUT2D eigenvalue weighted by atomic mass is 10.1. The maximum absolute atomic E-state index is 5.98. The van der Waals surface area contributed by atoms with Crippen molar-refractivity contribution in [3.05, 3.63) is 18.7 Å². The summed E-state index contributed by atoms with van der Waals surface area (Å²) in [4.78, 5) is 4.14. The van der Waals surface area contributed by atoms with Crippen LogP contribution in [0.4, 0.5) is 0 Å². The minimum atomic E-state index is 0.257. The predicted molar refractivity (Wildman–Crippen MR) is 107 cm³/mol. The third-order valence-electron chi connectivity index (χ3n) is 3.94.